The average Bonchev–Trinajstić information content (AvgIpc) is 3.48. The van der Waals surface area contributed by atoms with E-state index in [0.717, 1.165) is 16.7 Å². The Bertz CT molecular complexity index is 2240. The molecule has 0 aliphatic carbocycles. The van der Waals surface area contributed by atoms with Crippen molar-refractivity contribution in [2.24, 2.45) is 0 Å². The van der Waals surface area contributed by atoms with Crippen LogP contribution in [0.3, 0.4) is 0 Å². The molecule has 1 atom stereocenters. The topological polar surface area (TPSA) is 108 Å². The van der Waals surface area contributed by atoms with E-state index in [0.29, 0.717) is 62.3 Å². The first-order valence-corrected chi connectivity index (χ1v) is 16.0. The van der Waals surface area contributed by atoms with E-state index in [1.807, 2.05) is 94.4 Å². The highest BCUT2D eigenvalue weighted by atomic mass is 19.1. The predicted molar refractivity (Wildman–Crippen MR) is 183 cm³/mol. The van der Waals surface area contributed by atoms with Crippen LogP contribution in [0.1, 0.15) is 55.1 Å². The van der Waals surface area contributed by atoms with E-state index >= 15 is 0 Å². The molecule has 0 fully saturated rings. The number of rotatable bonds is 3. The lowest BCUT2D eigenvalue weighted by Crippen LogP contribution is -2.29. The van der Waals surface area contributed by atoms with Crippen LogP contribution in [0.25, 0.3) is 39.3 Å². The standard InChI is InChI=1S/C39H35FN4O5/c1-22-12-13-26-17-32(22)47-20-28-10-7-11-29(42-28)21-48-33-18-27(40)14-15-30(33)24-8-6-9-25(16-24)31-19-34-41-23(2)35(36(26)44(34)43-31)37(38(45)46)49-39(3,4)5/h6-19,37H,20-21H2,1-5H3,(H,45,46). The lowest BCUT2D eigenvalue weighted by atomic mass is 9.98. The molecule has 1 N–H and O–H groups in total. The highest BCUT2D eigenvalue weighted by Gasteiger charge is 2.33. The van der Waals surface area contributed by atoms with Gasteiger partial charge in [0.15, 0.2) is 11.8 Å². The fourth-order valence-corrected chi connectivity index (χ4v) is 6.05. The van der Waals surface area contributed by atoms with Crippen LogP contribution in [-0.2, 0) is 22.7 Å². The Kier molecular flexibility index (Phi) is 8.12. The number of hydrogen-bond acceptors (Lipinski definition) is 7. The molecule has 10 heteroatoms. The molecule has 6 aromatic rings. The Labute approximate surface area is 283 Å². The van der Waals surface area contributed by atoms with E-state index in [1.54, 1.807) is 17.5 Å². The third kappa shape index (κ3) is 6.47. The zero-order valence-corrected chi connectivity index (χ0v) is 27.8. The monoisotopic (exact) mass is 658 g/mol. The first-order valence-electron chi connectivity index (χ1n) is 16.0. The number of pyridine rings is 1. The van der Waals surface area contributed by atoms with Gasteiger partial charge in [-0.1, -0.05) is 36.4 Å². The van der Waals surface area contributed by atoms with E-state index in [2.05, 4.69) is 0 Å². The SMILES string of the molecule is Cc1ccc2cc1OCc1cccc(n1)COc1cc(F)ccc1-c1cccc(c1)-c1cc3nc(C)c(C(OC(C)(C)C)C(=O)O)c-2n3n1. The van der Waals surface area contributed by atoms with Crippen LogP contribution >= 0.6 is 0 Å². The van der Waals surface area contributed by atoms with Gasteiger partial charge < -0.3 is 19.3 Å². The molecule has 4 heterocycles. The summed E-state index contributed by atoms with van der Waals surface area (Å²) in [6.45, 7) is 9.48. The van der Waals surface area contributed by atoms with Gasteiger partial charge in [-0.2, -0.15) is 5.10 Å². The minimum Gasteiger partial charge on any atom is -0.487 e. The normalized spacial score (nSPS) is 13.4. The number of carboxylic acids is 1. The zero-order valence-electron chi connectivity index (χ0n) is 27.8. The molecular weight excluding hydrogens is 623 g/mol. The van der Waals surface area contributed by atoms with Gasteiger partial charge in [-0.05, 0) is 82.1 Å². The molecule has 3 aromatic carbocycles. The van der Waals surface area contributed by atoms with E-state index in [-0.39, 0.29) is 13.2 Å². The lowest BCUT2D eigenvalue weighted by molar-refractivity contribution is -0.160. The van der Waals surface area contributed by atoms with Gasteiger partial charge in [0.1, 0.15) is 30.5 Å². The number of aryl methyl sites for hydroxylation is 2. The van der Waals surface area contributed by atoms with Gasteiger partial charge in [-0.3, -0.25) is 4.98 Å². The van der Waals surface area contributed by atoms with Crippen molar-refractivity contribution in [3.05, 3.63) is 119 Å². The van der Waals surface area contributed by atoms with Crippen molar-refractivity contribution >= 4 is 11.6 Å². The number of aromatic nitrogens is 4. The second kappa shape index (κ2) is 12.4. The Morgan fingerprint density at radius 1 is 0.857 bits per heavy atom. The molecule has 49 heavy (non-hydrogen) atoms. The zero-order chi connectivity index (χ0) is 34.4. The van der Waals surface area contributed by atoms with E-state index < -0.39 is 23.5 Å². The van der Waals surface area contributed by atoms with E-state index in [1.165, 1.54) is 12.1 Å². The quantitative estimate of drug-likeness (QED) is 0.202. The number of aliphatic carboxylic acids is 1. The average molecular weight is 659 g/mol. The first-order chi connectivity index (χ1) is 23.4. The summed E-state index contributed by atoms with van der Waals surface area (Å²) in [5.41, 5.74) is 6.98. The molecule has 8 bridgehead atoms. The smallest absolute Gasteiger partial charge is 0.337 e. The van der Waals surface area contributed by atoms with Crippen molar-refractivity contribution in [2.75, 3.05) is 0 Å². The van der Waals surface area contributed by atoms with Crippen molar-refractivity contribution in [2.45, 2.75) is 59.5 Å². The molecule has 0 spiro atoms. The maximum absolute atomic E-state index is 14.5. The molecule has 3 aromatic heterocycles. The molecule has 7 rings (SSSR count). The summed E-state index contributed by atoms with van der Waals surface area (Å²) < 4.78 is 34.8. The van der Waals surface area contributed by atoms with Gasteiger partial charge >= 0.3 is 5.97 Å². The molecule has 0 saturated heterocycles. The maximum atomic E-state index is 14.5. The van der Waals surface area contributed by atoms with Crippen LogP contribution < -0.4 is 9.47 Å². The number of carboxylic acid groups (broad SMARTS) is 1. The first kappa shape index (κ1) is 32.0. The van der Waals surface area contributed by atoms with Crippen molar-refractivity contribution in [3.8, 4) is 45.1 Å². The minimum atomic E-state index is -1.33. The Morgan fingerprint density at radius 2 is 1.57 bits per heavy atom. The Balaban J connectivity index is 1.50. The Morgan fingerprint density at radius 3 is 2.31 bits per heavy atom. The molecule has 9 nitrogen and oxygen atoms in total. The van der Waals surface area contributed by atoms with Crippen LogP contribution in [0.15, 0.2) is 84.9 Å². The summed E-state index contributed by atoms with van der Waals surface area (Å²) in [5, 5.41) is 15.5. The summed E-state index contributed by atoms with van der Waals surface area (Å²) in [6, 6.07) is 25.4. The van der Waals surface area contributed by atoms with Crippen LogP contribution in [0, 0.1) is 19.7 Å². The third-order valence-corrected chi connectivity index (χ3v) is 8.28. The molecule has 1 aliphatic heterocycles. The second-order valence-electron chi connectivity index (χ2n) is 13.1. The number of benzene rings is 3. The Hall–Kier alpha value is -5.61. The highest BCUT2D eigenvalue weighted by molar-refractivity contribution is 5.82. The second-order valence-corrected chi connectivity index (χ2v) is 13.1. The fourth-order valence-electron chi connectivity index (χ4n) is 6.05. The highest BCUT2D eigenvalue weighted by Crippen LogP contribution is 2.39. The molecule has 0 saturated carbocycles. The van der Waals surface area contributed by atoms with Crippen molar-refractivity contribution in [1.82, 2.24) is 19.6 Å². The van der Waals surface area contributed by atoms with E-state index in [4.69, 9.17) is 29.3 Å². The summed E-state index contributed by atoms with van der Waals surface area (Å²) in [5.74, 6) is -0.581. The van der Waals surface area contributed by atoms with Gasteiger partial charge in [-0.25, -0.2) is 18.7 Å². The number of carbonyl (C=O) groups is 1. The largest absolute Gasteiger partial charge is 0.487 e. The van der Waals surface area contributed by atoms with Crippen molar-refractivity contribution in [3.63, 3.8) is 0 Å². The number of hydrogen-bond donors (Lipinski definition) is 1. The number of ether oxygens (including phenoxy) is 3. The predicted octanol–water partition coefficient (Wildman–Crippen LogP) is 8.29. The van der Waals surface area contributed by atoms with Crippen molar-refractivity contribution in [1.29, 1.82) is 0 Å². The summed E-state index contributed by atoms with van der Waals surface area (Å²) in [7, 11) is 0. The van der Waals surface area contributed by atoms with Crippen LogP contribution in [0.2, 0.25) is 0 Å². The number of nitrogens with zero attached hydrogens (tertiary/aromatic N) is 4. The van der Waals surface area contributed by atoms with Crippen LogP contribution in [0.4, 0.5) is 4.39 Å². The van der Waals surface area contributed by atoms with Gasteiger partial charge in [-0.15, -0.1) is 0 Å². The van der Waals surface area contributed by atoms with Gasteiger partial charge in [0, 0.05) is 40.1 Å². The molecule has 0 amide bonds. The maximum Gasteiger partial charge on any atom is 0.337 e. The molecule has 248 valence electrons. The van der Waals surface area contributed by atoms with Crippen LogP contribution in [0.5, 0.6) is 11.5 Å². The van der Waals surface area contributed by atoms with Gasteiger partial charge in [0.2, 0.25) is 0 Å². The van der Waals surface area contributed by atoms with E-state index in [9.17, 15) is 14.3 Å². The number of halogens is 1. The minimum absolute atomic E-state index is 0.127. The van der Waals surface area contributed by atoms with Gasteiger partial charge in [0.25, 0.3) is 0 Å². The summed E-state index contributed by atoms with van der Waals surface area (Å²) in [6.07, 6.45) is -1.33. The lowest BCUT2D eigenvalue weighted by Gasteiger charge is -2.27. The van der Waals surface area contributed by atoms with Gasteiger partial charge in [0.05, 0.1) is 28.4 Å². The van der Waals surface area contributed by atoms with Crippen LogP contribution in [-0.4, -0.2) is 36.3 Å². The van der Waals surface area contributed by atoms with Crippen molar-refractivity contribution < 1.29 is 28.5 Å². The fraction of sp³-hybridized carbons (Fsp3) is 0.231. The molecule has 1 aliphatic rings. The molecular formula is C39H35FN4O5. The molecule has 1 unspecified atom stereocenters. The summed E-state index contributed by atoms with van der Waals surface area (Å²) in [4.78, 5) is 22.4. The third-order valence-electron chi connectivity index (χ3n) is 8.28. The number of fused-ring (bicyclic) bond motifs is 11. The molecule has 0 radical (unpaired) electrons. The summed E-state index contributed by atoms with van der Waals surface area (Å²) >= 11 is 0.